The van der Waals surface area contributed by atoms with Gasteiger partial charge < -0.3 is 15.2 Å². The van der Waals surface area contributed by atoms with Gasteiger partial charge in [0.15, 0.2) is 11.5 Å². The number of hydrogen-bond acceptors (Lipinski definition) is 4. The molecule has 1 aromatic carbocycles. The molecule has 0 atom stereocenters. The summed E-state index contributed by atoms with van der Waals surface area (Å²) in [5.41, 5.74) is 7.38. The molecule has 2 aromatic rings. The highest BCUT2D eigenvalue weighted by atomic mass is 32.1. The van der Waals surface area contributed by atoms with E-state index in [-0.39, 0.29) is 0 Å². The lowest BCUT2D eigenvalue weighted by molar-refractivity contribution is 0.374. The minimum absolute atomic E-state index is 0.308. The molecule has 0 radical (unpaired) electrons. The van der Waals surface area contributed by atoms with Crippen LogP contribution in [0.15, 0.2) is 36.5 Å². The Bertz CT molecular complexity index is 614. The van der Waals surface area contributed by atoms with Crippen LogP contribution in [0.5, 0.6) is 17.4 Å². The fourth-order valence-corrected chi connectivity index (χ4v) is 1.72. The van der Waals surface area contributed by atoms with E-state index in [1.807, 2.05) is 25.1 Å². The lowest BCUT2D eigenvalue weighted by Crippen LogP contribution is -2.09. The van der Waals surface area contributed by atoms with Gasteiger partial charge in [-0.15, -0.1) is 0 Å². The molecule has 0 spiro atoms. The van der Waals surface area contributed by atoms with Crippen LogP contribution in [0.3, 0.4) is 0 Å². The van der Waals surface area contributed by atoms with E-state index in [1.165, 1.54) is 0 Å². The normalized spacial score (nSPS) is 10.0. The number of aromatic nitrogens is 1. The number of methoxy groups -OCH3 is 1. The number of nitrogens with zero attached hydrogens (tertiary/aromatic N) is 1. The van der Waals surface area contributed by atoms with Gasteiger partial charge in [0.2, 0.25) is 5.88 Å². The topological polar surface area (TPSA) is 57.4 Å². The predicted molar refractivity (Wildman–Crippen MR) is 77.9 cm³/mol. The highest BCUT2D eigenvalue weighted by Gasteiger charge is 2.07. The molecule has 0 saturated carbocycles. The quantitative estimate of drug-likeness (QED) is 0.869. The molecule has 2 N–H and O–H groups in total. The maximum absolute atomic E-state index is 5.69. The van der Waals surface area contributed by atoms with E-state index in [4.69, 9.17) is 27.4 Å². The van der Waals surface area contributed by atoms with E-state index < -0.39 is 0 Å². The summed E-state index contributed by atoms with van der Waals surface area (Å²) in [7, 11) is 1.60. The Morgan fingerprint density at radius 3 is 2.68 bits per heavy atom. The van der Waals surface area contributed by atoms with E-state index in [1.54, 1.807) is 25.4 Å². The number of pyridine rings is 1. The molecule has 0 aliphatic rings. The summed E-state index contributed by atoms with van der Waals surface area (Å²) >= 11 is 4.92. The van der Waals surface area contributed by atoms with Crippen molar-refractivity contribution in [2.75, 3.05) is 7.11 Å². The van der Waals surface area contributed by atoms with Crippen molar-refractivity contribution in [3.05, 3.63) is 47.7 Å². The molecule has 4 nitrogen and oxygen atoms in total. The van der Waals surface area contributed by atoms with Crippen LogP contribution >= 0.6 is 12.2 Å². The van der Waals surface area contributed by atoms with Crippen molar-refractivity contribution < 1.29 is 9.47 Å². The number of benzene rings is 1. The molecule has 0 bridgehead atoms. The van der Waals surface area contributed by atoms with Crippen LogP contribution in [0.25, 0.3) is 0 Å². The predicted octanol–water partition coefficient (Wildman–Crippen LogP) is 2.83. The van der Waals surface area contributed by atoms with Crippen LogP contribution in [0.1, 0.15) is 11.1 Å². The lowest BCUT2D eigenvalue weighted by atomic mass is 10.2. The van der Waals surface area contributed by atoms with Crippen molar-refractivity contribution >= 4 is 17.2 Å². The van der Waals surface area contributed by atoms with Gasteiger partial charge in [-0.05, 0) is 30.7 Å². The Morgan fingerprint density at radius 2 is 2.00 bits per heavy atom. The zero-order valence-electron chi connectivity index (χ0n) is 10.7. The summed E-state index contributed by atoms with van der Waals surface area (Å²) < 4.78 is 11.0. The third-order valence-corrected chi connectivity index (χ3v) is 2.79. The number of rotatable bonds is 4. The van der Waals surface area contributed by atoms with Gasteiger partial charge in [0, 0.05) is 17.8 Å². The first-order valence-corrected chi connectivity index (χ1v) is 6.09. The number of thiocarbonyl (C=S) groups is 1. The Labute approximate surface area is 117 Å². The second-order valence-corrected chi connectivity index (χ2v) is 4.44. The van der Waals surface area contributed by atoms with Crippen LogP contribution in [0.4, 0.5) is 0 Å². The molecule has 0 aliphatic heterocycles. The van der Waals surface area contributed by atoms with Crippen molar-refractivity contribution in [2.24, 2.45) is 5.73 Å². The SMILES string of the molecule is COc1cc(C)ccc1Oc1cc(C(N)=S)ccn1. The molecule has 1 aromatic heterocycles. The number of hydrogen-bond donors (Lipinski definition) is 1. The lowest BCUT2D eigenvalue weighted by Gasteiger charge is -2.10. The molecule has 0 saturated heterocycles. The largest absolute Gasteiger partial charge is 0.493 e. The van der Waals surface area contributed by atoms with Crippen molar-refractivity contribution in [3.8, 4) is 17.4 Å². The molecule has 2 rings (SSSR count). The molecular formula is C14H14N2O2S. The average Bonchev–Trinajstić information content (AvgIpc) is 2.41. The fourth-order valence-electron chi connectivity index (χ4n) is 1.59. The Hall–Kier alpha value is -2.14. The van der Waals surface area contributed by atoms with Crippen LogP contribution in [0.2, 0.25) is 0 Å². The van der Waals surface area contributed by atoms with Crippen molar-refractivity contribution in [1.29, 1.82) is 0 Å². The Morgan fingerprint density at radius 1 is 1.21 bits per heavy atom. The van der Waals surface area contributed by atoms with Gasteiger partial charge in [-0.1, -0.05) is 18.3 Å². The second kappa shape index (κ2) is 5.67. The van der Waals surface area contributed by atoms with Crippen LogP contribution in [-0.4, -0.2) is 17.1 Å². The number of nitrogens with two attached hydrogens (primary N) is 1. The second-order valence-electron chi connectivity index (χ2n) is 4.00. The molecule has 19 heavy (non-hydrogen) atoms. The Kier molecular flexibility index (Phi) is 3.97. The van der Waals surface area contributed by atoms with E-state index in [0.29, 0.717) is 27.9 Å². The van der Waals surface area contributed by atoms with E-state index in [2.05, 4.69) is 4.98 Å². The van der Waals surface area contributed by atoms with Crippen molar-refractivity contribution in [1.82, 2.24) is 4.98 Å². The maximum atomic E-state index is 5.69. The summed E-state index contributed by atoms with van der Waals surface area (Å²) in [5, 5.41) is 0. The zero-order valence-corrected chi connectivity index (χ0v) is 11.5. The summed E-state index contributed by atoms with van der Waals surface area (Å²) in [6, 6.07) is 9.11. The molecule has 0 aliphatic carbocycles. The fraction of sp³-hybridized carbons (Fsp3) is 0.143. The van der Waals surface area contributed by atoms with Gasteiger partial charge >= 0.3 is 0 Å². The average molecular weight is 274 g/mol. The molecule has 0 fully saturated rings. The summed E-state index contributed by atoms with van der Waals surface area (Å²) in [5.74, 6) is 1.68. The molecule has 0 unspecified atom stereocenters. The highest BCUT2D eigenvalue weighted by molar-refractivity contribution is 7.80. The first-order chi connectivity index (χ1) is 9.10. The standard InChI is InChI=1S/C14H14N2O2S/c1-9-3-4-11(12(7-9)17-2)18-13-8-10(14(15)19)5-6-16-13/h3-8H,1-2H3,(H2,15,19). The molecule has 1 heterocycles. The summed E-state index contributed by atoms with van der Waals surface area (Å²) in [6.07, 6.45) is 1.60. The first-order valence-electron chi connectivity index (χ1n) is 5.68. The van der Waals surface area contributed by atoms with E-state index >= 15 is 0 Å². The van der Waals surface area contributed by atoms with Gasteiger partial charge in [0.25, 0.3) is 0 Å². The van der Waals surface area contributed by atoms with Gasteiger partial charge in [-0.25, -0.2) is 4.98 Å². The smallest absolute Gasteiger partial charge is 0.220 e. The van der Waals surface area contributed by atoms with E-state index in [9.17, 15) is 0 Å². The van der Waals surface area contributed by atoms with Gasteiger partial charge in [0.05, 0.1) is 7.11 Å². The number of ether oxygens (including phenoxy) is 2. The monoisotopic (exact) mass is 274 g/mol. The Balaban J connectivity index is 2.30. The molecule has 5 heteroatoms. The minimum Gasteiger partial charge on any atom is -0.493 e. The zero-order chi connectivity index (χ0) is 13.8. The summed E-state index contributed by atoms with van der Waals surface area (Å²) in [4.78, 5) is 4.43. The van der Waals surface area contributed by atoms with Crippen molar-refractivity contribution in [2.45, 2.75) is 6.92 Å². The third-order valence-electron chi connectivity index (χ3n) is 2.55. The van der Waals surface area contributed by atoms with E-state index in [0.717, 1.165) is 5.56 Å². The van der Waals surface area contributed by atoms with Crippen LogP contribution in [-0.2, 0) is 0 Å². The van der Waals surface area contributed by atoms with Gasteiger partial charge in [0.1, 0.15) is 4.99 Å². The highest BCUT2D eigenvalue weighted by Crippen LogP contribution is 2.31. The van der Waals surface area contributed by atoms with Gasteiger partial charge in [-0.3, -0.25) is 0 Å². The molecule has 98 valence electrons. The number of aryl methyl sites for hydroxylation is 1. The van der Waals surface area contributed by atoms with Gasteiger partial charge in [-0.2, -0.15) is 0 Å². The maximum Gasteiger partial charge on any atom is 0.220 e. The third kappa shape index (κ3) is 3.20. The van der Waals surface area contributed by atoms with Crippen LogP contribution < -0.4 is 15.2 Å². The minimum atomic E-state index is 0.308. The van der Waals surface area contributed by atoms with Crippen molar-refractivity contribution in [3.63, 3.8) is 0 Å². The molecule has 0 amide bonds. The summed E-state index contributed by atoms with van der Waals surface area (Å²) in [6.45, 7) is 1.98. The first kappa shape index (κ1) is 13.3. The van der Waals surface area contributed by atoms with Crippen LogP contribution in [0, 0.1) is 6.92 Å². The molecular weight excluding hydrogens is 260 g/mol.